The number of methoxy groups -OCH3 is 2. The quantitative estimate of drug-likeness (QED) is 0.333. The number of rotatable bonds is 7. The fourth-order valence-corrected chi connectivity index (χ4v) is 3.75. The minimum atomic E-state index is -1.00. The van der Waals surface area contributed by atoms with E-state index in [1.54, 1.807) is 30.3 Å². The minimum Gasteiger partial charge on any atom is -0.497 e. The number of ether oxygens (including phenoxy) is 2. The number of benzene rings is 3. The van der Waals surface area contributed by atoms with E-state index in [-0.39, 0.29) is 6.42 Å². The van der Waals surface area contributed by atoms with Gasteiger partial charge in [-0.2, -0.15) is 0 Å². The van der Waals surface area contributed by atoms with Crippen molar-refractivity contribution in [2.45, 2.75) is 12.5 Å². The number of amides is 1. The first kappa shape index (κ1) is 22.8. The highest BCUT2D eigenvalue weighted by Gasteiger charge is 2.24. The Morgan fingerprint density at radius 3 is 2.29 bits per heavy atom. The zero-order chi connectivity index (χ0) is 24.1. The maximum atomic E-state index is 12.9. The zero-order valence-electron chi connectivity index (χ0n) is 18.7. The van der Waals surface area contributed by atoms with Crippen molar-refractivity contribution in [2.75, 3.05) is 14.2 Å². The van der Waals surface area contributed by atoms with E-state index >= 15 is 0 Å². The SMILES string of the molecule is COC(=O)[C@@H](Cc1cc(=O)oc2cc(OC)ccc12)NC(=O)c1ccc(-c2ccccc2)cc1. The lowest BCUT2D eigenvalue weighted by atomic mass is 10.0. The van der Waals surface area contributed by atoms with Crippen LogP contribution in [0.4, 0.5) is 0 Å². The van der Waals surface area contributed by atoms with Crippen molar-refractivity contribution in [1.29, 1.82) is 0 Å². The summed E-state index contributed by atoms with van der Waals surface area (Å²) in [6.45, 7) is 0. The van der Waals surface area contributed by atoms with Crippen molar-refractivity contribution in [3.63, 3.8) is 0 Å². The minimum absolute atomic E-state index is 0.0505. The van der Waals surface area contributed by atoms with Gasteiger partial charge in [0.25, 0.3) is 5.91 Å². The number of esters is 1. The van der Waals surface area contributed by atoms with Crippen molar-refractivity contribution in [1.82, 2.24) is 5.32 Å². The summed E-state index contributed by atoms with van der Waals surface area (Å²) in [5.41, 5.74) is 2.71. The maximum absolute atomic E-state index is 12.9. The molecule has 0 saturated heterocycles. The summed E-state index contributed by atoms with van der Waals surface area (Å²) in [5, 5.41) is 3.36. The number of hydrogen-bond donors (Lipinski definition) is 1. The van der Waals surface area contributed by atoms with Gasteiger partial charge in [0.1, 0.15) is 17.4 Å². The van der Waals surface area contributed by atoms with Crippen LogP contribution in [0.5, 0.6) is 5.75 Å². The molecule has 7 heteroatoms. The van der Waals surface area contributed by atoms with E-state index in [1.807, 2.05) is 42.5 Å². The summed E-state index contributed by atoms with van der Waals surface area (Å²) in [5.74, 6) is -0.516. The van der Waals surface area contributed by atoms with E-state index in [0.29, 0.717) is 27.8 Å². The number of hydrogen-bond acceptors (Lipinski definition) is 6. The highest BCUT2D eigenvalue weighted by Crippen LogP contribution is 2.24. The first-order valence-electron chi connectivity index (χ1n) is 10.6. The molecule has 172 valence electrons. The van der Waals surface area contributed by atoms with Crippen LogP contribution in [-0.4, -0.2) is 32.1 Å². The van der Waals surface area contributed by atoms with Crippen molar-refractivity contribution in [2.24, 2.45) is 0 Å². The van der Waals surface area contributed by atoms with Gasteiger partial charge in [-0.1, -0.05) is 42.5 Å². The van der Waals surface area contributed by atoms with Crippen LogP contribution >= 0.6 is 0 Å². The molecule has 34 heavy (non-hydrogen) atoms. The third kappa shape index (κ3) is 4.99. The van der Waals surface area contributed by atoms with Crippen LogP contribution in [0.3, 0.4) is 0 Å². The average molecular weight is 457 g/mol. The molecule has 1 atom stereocenters. The van der Waals surface area contributed by atoms with Crippen LogP contribution in [0.2, 0.25) is 0 Å². The Morgan fingerprint density at radius 2 is 1.62 bits per heavy atom. The number of fused-ring (bicyclic) bond motifs is 1. The van der Waals surface area contributed by atoms with Crippen LogP contribution < -0.4 is 15.7 Å². The van der Waals surface area contributed by atoms with Gasteiger partial charge in [-0.25, -0.2) is 9.59 Å². The molecule has 1 N–H and O–H groups in total. The second-order valence-corrected chi connectivity index (χ2v) is 7.65. The molecule has 0 fully saturated rings. The van der Waals surface area contributed by atoms with E-state index in [9.17, 15) is 14.4 Å². The van der Waals surface area contributed by atoms with E-state index < -0.39 is 23.5 Å². The van der Waals surface area contributed by atoms with Gasteiger partial charge in [-0.3, -0.25) is 4.79 Å². The summed E-state index contributed by atoms with van der Waals surface area (Å²) in [6, 6.07) is 22.3. The molecule has 7 nitrogen and oxygen atoms in total. The molecule has 0 spiro atoms. The summed E-state index contributed by atoms with van der Waals surface area (Å²) in [7, 11) is 2.76. The summed E-state index contributed by atoms with van der Waals surface area (Å²) < 4.78 is 15.4. The normalized spacial score (nSPS) is 11.6. The summed E-state index contributed by atoms with van der Waals surface area (Å²) >= 11 is 0. The van der Waals surface area contributed by atoms with E-state index in [0.717, 1.165) is 11.1 Å². The second kappa shape index (κ2) is 10.0. The molecule has 0 aliphatic carbocycles. The first-order chi connectivity index (χ1) is 16.5. The van der Waals surface area contributed by atoms with Crippen molar-refractivity contribution < 1.29 is 23.5 Å². The lowest BCUT2D eigenvalue weighted by Gasteiger charge is -2.17. The Bertz CT molecular complexity index is 1380. The van der Waals surface area contributed by atoms with Crippen LogP contribution in [-0.2, 0) is 16.0 Å². The van der Waals surface area contributed by atoms with Gasteiger partial charge < -0.3 is 19.2 Å². The third-order valence-corrected chi connectivity index (χ3v) is 5.51. The lowest BCUT2D eigenvalue weighted by Crippen LogP contribution is -2.43. The molecule has 4 aromatic rings. The monoisotopic (exact) mass is 457 g/mol. The third-order valence-electron chi connectivity index (χ3n) is 5.51. The molecule has 0 bridgehead atoms. The van der Waals surface area contributed by atoms with E-state index in [1.165, 1.54) is 20.3 Å². The molecule has 0 radical (unpaired) electrons. The van der Waals surface area contributed by atoms with E-state index in [2.05, 4.69) is 5.32 Å². The van der Waals surface area contributed by atoms with Gasteiger partial charge in [-0.05, 0) is 41.0 Å². The van der Waals surface area contributed by atoms with Crippen molar-refractivity contribution in [3.05, 3.63) is 100 Å². The largest absolute Gasteiger partial charge is 0.497 e. The zero-order valence-corrected chi connectivity index (χ0v) is 18.7. The molecule has 0 unspecified atom stereocenters. The lowest BCUT2D eigenvalue weighted by molar-refractivity contribution is -0.142. The molecule has 0 aliphatic rings. The van der Waals surface area contributed by atoms with Crippen LogP contribution in [0, 0.1) is 0 Å². The molecule has 3 aromatic carbocycles. The van der Waals surface area contributed by atoms with Gasteiger partial charge in [0.15, 0.2) is 0 Å². The highest BCUT2D eigenvalue weighted by atomic mass is 16.5. The molecule has 1 amide bonds. The molecule has 0 aliphatic heterocycles. The Labute approximate surface area is 195 Å². The topological polar surface area (TPSA) is 94.8 Å². The van der Waals surface area contributed by atoms with Crippen LogP contribution in [0.25, 0.3) is 22.1 Å². The van der Waals surface area contributed by atoms with Gasteiger partial charge >= 0.3 is 11.6 Å². The summed E-state index contributed by atoms with van der Waals surface area (Å²) in [4.78, 5) is 37.5. The van der Waals surface area contributed by atoms with Gasteiger partial charge in [0.05, 0.1) is 14.2 Å². The smallest absolute Gasteiger partial charge is 0.336 e. The Hall–Kier alpha value is -4.39. The first-order valence-corrected chi connectivity index (χ1v) is 10.6. The van der Waals surface area contributed by atoms with Crippen LogP contribution in [0.15, 0.2) is 88.1 Å². The molecule has 0 saturated carbocycles. The molecule has 1 aromatic heterocycles. The molecular formula is C27H23NO6. The van der Waals surface area contributed by atoms with E-state index in [4.69, 9.17) is 13.9 Å². The number of carbonyl (C=O) groups excluding carboxylic acids is 2. The van der Waals surface area contributed by atoms with Gasteiger partial charge in [0, 0.05) is 29.5 Å². The Kier molecular flexibility index (Phi) is 6.73. The number of carbonyl (C=O) groups is 2. The average Bonchev–Trinajstić information content (AvgIpc) is 2.87. The van der Waals surface area contributed by atoms with Crippen molar-refractivity contribution >= 4 is 22.8 Å². The molecule has 4 rings (SSSR count). The van der Waals surface area contributed by atoms with Gasteiger partial charge in [0.2, 0.25) is 0 Å². The fourth-order valence-electron chi connectivity index (χ4n) is 3.75. The summed E-state index contributed by atoms with van der Waals surface area (Å²) in [6.07, 6.45) is 0.0505. The Morgan fingerprint density at radius 1 is 0.912 bits per heavy atom. The molecule has 1 heterocycles. The molecular weight excluding hydrogens is 434 g/mol. The fraction of sp³-hybridized carbons (Fsp3) is 0.148. The maximum Gasteiger partial charge on any atom is 0.336 e. The highest BCUT2D eigenvalue weighted by molar-refractivity contribution is 5.97. The van der Waals surface area contributed by atoms with Gasteiger partial charge in [-0.15, -0.1) is 0 Å². The standard InChI is InChI=1S/C27H23NO6/c1-32-21-12-13-22-20(15-25(29)34-24(22)16-21)14-23(27(31)33-2)28-26(30)19-10-8-18(9-11-19)17-6-4-3-5-7-17/h3-13,15-16,23H,14H2,1-2H3,(H,28,30)/t23-/m1/s1. The Balaban J connectivity index is 1.58. The second-order valence-electron chi connectivity index (χ2n) is 7.65. The van der Waals surface area contributed by atoms with Crippen LogP contribution in [0.1, 0.15) is 15.9 Å². The predicted octanol–water partition coefficient (Wildman–Crippen LogP) is 3.98. The van der Waals surface area contributed by atoms with Crippen molar-refractivity contribution in [3.8, 4) is 16.9 Å². The number of nitrogens with one attached hydrogen (secondary N) is 1. The predicted molar refractivity (Wildman–Crippen MR) is 128 cm³/mol.